The first kappa shape index (κ1) is 23.4. The molecule has 1 aliphatic rings. The zero-order chi connectivity index (χ0) is 24.9. The molecule has 0 aliphatic carbocycles. The first-order valence-corrected chi connectivity index (χ1v) is 12.0. The molecule has 3 heterocycles. The van der Waals surface area contributed by atoms with Gasteiger partial charge in [0.25, 0.3) is 5.91 Å². The Morgan fingerprint density at radius 3 is 2.40 bits per heavy atom. The fourth-order valence-electron chi connectivity index (χ4n) is 4.82. The molecule has 5 rings (SSSR count). The van der Waals surface area contributed by atoms with Gasteiger partial charge in [0.2, 0.25) is 5.88 Å². The lowest BCUT2D eigenvalue weighted by molar-refractivity contribution is 0.0993. The van der Waals surface area contributed by atoms with Crippen molar-refractivity contribution in [3.05, 3.63) is 93.5 Å². The molecule has 0 saturated carbocycles. The molecule has 0 N–H and O–H groups in total. The quantitative estimate of drug-likeness (QED) is 0.295. The van der Waals surface area contributed by atoms with Crippen LogP contribution in [0.3, 0.4) is 0 Å². The molecule has 1 atom stereocenters. The standard InChI is InChI=1S/C27H24Cl2N4O2/c1-15(2)32-23(21-13-30-14-31-26(21)35-4)12-20-25(32)24(17-6-9-18(28)10-7-17)33(27(20)34)22-11-19(29)8-5-16(22)3/h5-15,24H,1-4H3. The Bertz CT molecular complexity index is 1430. The van der Waals surface area contributed by atoms with E-state index in [9.17, 15) is 4.79 Å². The molecule has 6 nitrogen and oxygen atoms in total. The second-order valence-electron chi connectivity index (χ2n) is 8.80. The van der Waals surface area contributed by atoms with E-state index in [-0.39, 0.29) is 18.0 Å². The van der Waals surface area contributed by atoms with Gasteiger partial charge < -0.3 is 9.30 Å². The largest absolute Gasteiger partial charge is 0.480 e. The Kier molecular flexibility index (Phi) is 6.03. The highest BCUT2D eigenvalue weighted by molar-refractivity contribution is 6.31. The number of hydrogen-bond donors (Lipinski definition) is 0. The Labute approximate surface area is 214 Å². The van der Waals surface area contributed by atoms with Crippen LogP contribution in [0.2, 0.25) is 10.0 Å². The number of benzene rings is 2. The van der Waals surface area contributed by atoms with Crippen LogP contribution in [0, 0.1) is 6.92 Å². The minimum Gasteiger partial charge on any atom is -0.480 e. The fourth-order valence-corrected chi connectivity index (χ4v) is 5.11. The number of rotatable bonds is 5. The number of hydrogen-bond acceptors (Lipinski definition) is 4. The van der Waals surface area contributed by atoms with Crippen molar-refractivity contribution in [2.24, 2.45) is 0 Å². The van der Waals surface area contributed by atoms with Gasteiger partial charge in [-0.15, -0.1) is 0 Å². The second kappa shape index (κ2) is 9.02. The normalized spacial score (nSPS) is 15.1. The minimum absolute atomic E-state index is 0.0432. The predicted octanol–water partition coefficient (Wildman–Crippen LogP) is 6.90. The van der Waals surface area contributed by atoms with Crippen molar-refractivity contribution in [1.82, 2.24) is 14.5 Å². The number of halogens is 2. The van der Waals surface area contributed by atoms with E-state index in [1.165, 1.54) is 6.33 Å². The minimum atomic E-state index is -0.376. The van der Waals surface area contributed by atoms with Crippen LogP contribution < -0.4 is 9.64 Å². The Hall–Kier alpha value is -3.35. The van der Waals surface area contributed by atoms with Gasteiger partial charge in [0.1, 0.15) is 12.4 Å². The van der Waals surface area contributed by atoms with Crippen LogP contribution in [0.1, 0.15) is 53.1 Å². The average molecular weight is 507 g/mol. The third-order valence-electron chi connectivity index (χ3n) is 6.32. The number of aromatic nitrogens is 3. The van der Waals surface area contributed by atoms with Crippen LogP contribution in [0.25, 0.3) is 11.3 Å². The van der Waals surface area contributed by atoms with E-state index >= 15 is 0 Å². The van der Waals surface area contributed by atoms with Crippen LogP contribution in [-0.4, -0.2) is 27.6 Å². The van der Waals surface area contributed by atoms with Crippen molar-refractivity contribution in [3.8, 4) is 17.1 Å². The Morgan fingerprint density at radius 2 is 1.71 bits per heavy atom. The maximum absolute atomic E-state index is 14.1. The molecule has 0 saturated heterocycles. The van der Waals surface area contributed by atoms with E-state index in [1.807, 2.05) is 60.4 Å². The molecular weight excluding hydrogens is 483 g/mol. The summed E-state index contributed by atoms with van der Waals surface area (Å²) in [5.41, 5.74) is 5.76. The second-order valence-corrected chi connectivity index (χ2v) is 9.67. The molecule has 0 radical (unpaired) electrons. The van der Waals surface area contributed by atoms with Crippen molar-refractivity contribution in [2.75, 3.05) is 12.0 Å². The maximum atomic E-state index is 14.1. The van der Waals surface area contributed by atoms with Gasteiger partial charge in [0.15, 0.2) is 0 Å². The van der Waals surface area contributed by atoms with E-state index < -0.39 is 0 Å². The number of aryl methyl sites for hydroxylation is 1. The smallest absolute Gasteiger partial charge is 0.261 e. The summed E-state index contributed by atoms with van der Waals surface area (Å²) >= 11 is 12.6. The number of nitrogens with zero attached hydrogens (tertiary/aromatic N) is 4. The van der Waals surface area contributed by atoms with Gasteiger partial charge in [-0.1, -0.05) is 41.4 Å². The summed E-state index contributed by atoms with van der Waals surface area (Å²) in [6.45, 7) is 6.17. The van der Waals surface area contributed by atoms with Crippen molar-refractivity contribution in [3.63, 3.8) is 0 Å². The van der Waals surface area contributed by atoms with Crippen LogP contribution >= 0.6 is 23.2 Å². The number of anilines is 1. The first-order chi connectivity index (χ1) is 16.8. The summed E-state index contributed by atoms with van der Waals surface area (Å²) in [6, 6.07) is 14.8. The lowest BCUT2D eigenvalue weighted by Crippen LogP contribution is -2.30. The van der Waals surface area contributed by atoms with E-state index in [1.54, 1.807) is 13.3 Å². The molecule has 2 aromatic carbocycles. The van der Waals surface area contributed by atoms with Crippen molar-refractivity contribution in [1.29, 1.82) is 0 Å². The van der Waals surface area contributed by atoms with Crippen LogP contribution in [0.15, 0.2) is 61.1 Å². The molecule has 8 heteroatoms. The summed E-state index contributed by atoms with van der Waals surface area (Å²) in [7, 11) is 1.58. The Balaban J connectivity index is 1.80. The third kappa shape index (κ3) is 3.87. The van der Waals surface area contributed by atoms with Gasteiger partial charge in [-0.3, -0.25) is 9.69 Å². The molecule has 0 spiro atoms. The van der Waals surface area contributed by atoms with E-state index in [4.69, 9.17) is 27.9 Å². The molecule has 1 unspecified atom stereocenters. The van der Waals surface area contributed by atoms with Gasteiger partial charge in [0.05, 0.1) is 29.6 Å². The highest BCUT2D eigenvalue weighted by Crippen LogP contribution is 2.47. The van der Waals surface area contributed by atoms with Crippen molar-refractivity contribution < 1.29 is 9.53 Å². The highest BCUT2D eigenvalue weighted by Gasteiger charge is 2.44. The third-order valence-corrected chi connectivity index (χ3v) is 6.81. The predicted molar refractivity (Wildman–Crippen MR) is 139 cm³/mol. The molecule has 1 aliphatic heterocycles. The van der Waals surface area contributed by atoms with E-state index in [0.717, 1.165) is 33.8 Å². The molecule has 0 bridgehead atoms. The fraction of sp³-hybridized carbons (Fsp3) is 0.222. The maximum Gasteiger partial charge on any atom is 0.261 e. The summed E-state index contributed by atoms with van der Waals surface area (Å²) < 4.78 is 7.69. The van der Waals surface area contributed by atoms with Gasteiger partial charge >= 0.3 is 0 Å². The number of methoxy groups -OCH3 is 1. The topological polar surface area (TPSA) is 60.3 Å². The SMILES string of the molecule is COc1ncncc1-c1cc2c(n1C(C)C)C(c1ccc(Cl)cc1)N(c1cc(Cl)ccc1C)C2=O. The average Bonchev–Trinajstić information content (AvgIpc) is 3.36. The van der Waals surface area contributed by atoms with Crippen molar-refractivity contribution >= 4 is 34.8 Å². The Morgan fingerprint density at radius 1 is 1.00 bits per heavy atom. The van der Waals surface area contributed by atoms with Crippen LogP contribution in [0.5, 0.6) is 5.88 Å². The lowest BCUT2D eigenvalue weighted by Gasteiger charge is -2.30. The van der Waals surface area contributed by atoms with Gasteiger partial charge in [-0.25, -0.2) is 9.97 Å². The number of carbonyl (C=O) groups is 1. The summed E-state index contributed by atoms with van der Waals surface area (Å²) in [5.74, 6) is 0.359. The van der Waals surface area contributed by atoms with Gasteiger partial charge in [0, 0.05) is 28.0 Å². The molecule has 1 amide bonds. The zero-order valence-electron chi connectivity index (χ0n) is 19.8. The van der Waals surface area contributed by atoms with Gasteiger partial charge in [-0.05, 0) is 62.2 Å². The zero-order valence-corrected chi connectivity index (χ0v) is 21.3. The molecule has 178 valence electrons. The summed E-state index contributed by atoms with van der Waals surface area (Å²) in [5, 5.41) is 1.21. The summed E-state index contributed by atoms with van der Waals surface area (Å²) in [4.78, 5) is 24.4. The summed E-state index contributed by atoms with van der Waals surface area (Å²) in [6.07, 6.45) is 3.17. The molecule has 4 aromatic rings. The molecule has 2 aromatic heterocycles. The van der Waals surface area contributed by atoms with Gasteiger partial charge in [-0.2, -0.15) is 0 Å². The first-order valence-electron chi connectivity index (χ1n) is 11.3. The van der Waals surface area contributed by atoms with Crippen molar-refractivity contribution in [2.45, 2.75) is 32.9 Å². The number of amides is 1. The molecular formula is C27H24Cl2N4O2. The lowest BCUT2D eigenvalue weighted by atomic mass is 10.0. The monoisotopic (exact) mass is 506 g/mol. The van der Waals surface area contributed by atoms with E-state index in [0.29, 0.717) is 21.5 Å². The number of ether oxygens (including phenoxy) is 1. The molecule has 35 heavy (non-hydrogen) atoms. The van der Waals surface area contributed by atoms with E-state index in [2.05, 4.69) is 28.4 Å². The number of carbonyl (C=O) groups excluding carboxylic acids is 1. The van der Waals surface area contributed by atoms with Crippen LogP contribution in [0.4, 0.5) is 5.69 Å². The molecule has 0 fully saturated rings. The highest BCUT2D eigenvalue weighted by atomic mass is 35.5. The van der Waals surface area contributed by atoms with Crippen LogP contribution in [-0.2, 0) is 0 Å². The number of fused-ring (bicyclic) bond motifs is 1.